The van der Waals surface area contributed by atoms with E-state index in [0.717, 1.165) is 34.5 Å². The minimum Gasteiger partial charge on any atom is -0.416 e. The summed E-state index contributed by atoms with van der Waals surface area (Å²) in [4.78, 5) is 4.50. The van der Waals surface area contributed by atoms with Gasteiger partial charge in [0, 0.05) is 31.0 Å². The number of hydrogen-bond donors (Lipinski definition) is 1. The van der Waals surface area contributed by atoms with E-state index in [1.807, 2.05) is 32.3 Å². The first-order valence-electron chi connectivity index (χ1n) is 8.31. The maximum atomic E-state index is 5.93. The van der Waals surface area contributed by atoms with Crippen LogP contribution in [0.1, 0.15) is 12.7 Å². The van der Waals surface area contributed by atoms with Gasteiger partial charge in [0.2, 0.25) is 11.8 Å². The van der Waals surface area contributed by atoms with E-state index in [1.54, 1.807) is 11.3 Å². The van der Waals surface area contributed by atoms with Crippen molar-refractivity contribution in [2.45, 2.75) is 13.5 Å². The SMILES string of the molecule is CNCc1ccc(-c2nnc(-c3cc(-c4ccsc4)cnc3C)o2)cc1.[HH]. The second kappa shape index (κ2) is 7.19. The Morgan fingerprint density at radius 2 is 1.85 bits per heavy atom. The van der Waals surface area contributed by atoms with Crippen LogP contribution < -0.4 is 5.32 Å². The van der Waals surface area contributed by atoms with Crippen molar-refractivity contribution in [2.24, 2.45) is 0 Å². The molecule has 4 rings (SSSR count). The molecule has 0 atom stereocenters. The molecule has 6 heteroatoms. The molecule has 0 aliphatic heterocycles. The number of benzene rings is 1. The molecular formula is C20H20N4OS. The second-order valence-electron chi connectivity index (χ2n) is 6.01. The molecule has 4 aromatic rings. The van der Waals surface area contributed by atoms with Crippen LogP contribution in [0.2, 0.25) is 0 Å². The van der Waals surface area contributed by atoms with Gasteiger partial charge < -0.3 is 9.73 Å². The molecular weight excluding hydrogens is 344 g/mol. The zero-order valence-electron chi connectivity index (χ0n) is 14.6. The third kappa shape index (κ3) is 3.29. The molecule has 0 fully saturated rings. The number of hydrogen-bond acceptors (Lipinski definition) is 6. The molecule has 0 amide bonds. The van der Waals surface area contributed by atoms with Crippen LogP contribution in [0.3, 0.4) is 0 Å². The van der Waals surface area contributed by atoms with Crippen molar-refractivity contribution < 1.29 is 5.84 Å². The van der Waals surface area contributed by atoms with E-state index >= 15 is 0 Å². The molecule has 0 saturated carbocycles. The van der Waals surface area contributed by atoms with E-state index in [2.05, 4.69) is 55.5 Å². The average molecular weight is 364 g/mol. The van der Waals surface area contributed by atoms with Crippen molar-refractivity contribution >= 4 is 11.3 Å². The van der Waals surface area contributed by atoms with Crippen molar-refractivity contribution in [3.8, 4) is 34.0 Å². The van der Waals surface area contributed by atoms with Crippen molar-refractivity contribution in [2.75, 3.05) is 7.05 Å². The predicted octanol–water partition coefficient (Wildman–Crippen LogP) is 4.80. The standard InChI is InChI=1S/C20H18N4OS.H2/c1-13-18(9-17(11-22-13)16-7-8-26-12-16)20-24-23-19(25-20)15-5-3-14(4-6-15)10-21-2;/h3-9,11-12,21H,10H2,1-2H3;1H. The lowest BCUT2D eigenvalue weighted by Gasteiger charge is -2.04. The summed E-state index contributed by atoms with van der Waals surface area (Å²) >= 11 is 1.66. The monoisotopic (exact) mass is 364 g/mol. The molecule has 3 heterocycles. The Hall–Kier alpha value is -2.83. The molecule has 3 aromatic heterocycles. The van der Waals surface area contributed by atoms with Crippen LogP contribution >= 0.6 is 11.3 Å². The molecule has 1 N–H and O–H groups in total. The van der Waals surface area contributed by atoms with Gasteiger partial charge in [0.15, 0.2) is 0 Å². The van der Waals surface area contributed by atoms with E-state index < -0.39 is 0 Å². The van der Waals surface area contributed by atoms with Crippen LogP contribution in [0, 0.1) is 6.92 Å². The molecule has 26 heavy (non-hydrogen) atoms. The zero-order chi connectivity index (χ0) is 17.9. The Morgan fingerprint density at radius 1 is 1.04 bits per heavy atom. The first-order chi connectivity index (χ1) is 12.7. The number of aromatic nitrogens is 3. The molecule has 0 aliphatic carbocycles. The van der Waals surface area contributed by atoms with Crippen LogP contribution in [-0.4, -0.2) is 22.2 Å². The van der Waals surface area contributed by atoms with Crippen LogP contribution in [0.15, 0.2) is 57.8 Å². The molecule has 0 bridgehead atoms. The Morgan fingerprint density at radius 3 is 2.58 bits per heavy atom. The fourth-order valence-corrected chi connectivity index (χ4v) is 3.42. The Bertz CT molecular complexity index is 1010. The topological polar surface area (TPSA) is 63.8 Å². The van der Waals surface area contributed by atoms with E-state index in [9.17, 15) is 0 Å². The number of thiophene rings is 1. The zero-order valence-corrected chi connectivity index (χ0v) is 15.4. The highest BCUT2D eigenvalue weighted by Crippen LogP contribution is 2.30. The second-order valence-corrected chi connectivity index (χ2v) is 6.79. The van der Waals surface area contributed by atoms with Crippen LogP contribution in [0.4, 0.5) is 0 Å². The molecule has 0 saturated heterocycles. The number of nitrogens with one attached hydrogen (secondary N) is 1. The van der Waals surface area contributed by atoms with Gasteiger partial charge in [-0.25, -0.2) is 0 Å². The highest BCUT2D eigenvalue weighted by atomic mass is 32.1. The quantitative estimate of drug-likeness (QED) is 0.551. The first kappa shape index (κ1) is 16.6. The van der Waals surface area contributed by atoms with E-state index in [4.69, 9.17) is 4.42 Å². The van der Waals surface area contributed by atoms with Crippen molar-refractivity contribution in [3.63, 3.8) is 0 Å². The summed E-state index contributed by atoms with van der Waals surface area (Å²) in [5.41, 5.74) is 6.03. The van der Waals surface area contributed by atoms with Gasteiger partial charge in [-0.2, -0.15) is 11.3 Å². The molecule has 132 valence electrons. The van der Waals surface area contributed by atoms with E-state index in [-0.39, 0.29) is 1.43 Å². The first-order valence-corrected chi connectivity index (χ1v) is 9.26. The summed E-state index contributed by atoms with van der Waals surface area (Å²) in [7, 11) is 1.93. The summed E-state index contributed by atoms with van der Waals surface area (Å²) in [5.74, 6) is 0.998. The Kier molecular flexibility index (Phi) is 4.60. The predicted molar refractivity (Wildman–Crippen MR) is 106 cm³/mol. The largest absolute Gasteiger partial charge is 0.416 e. The summed E-state index contributed by atoms with van der Waals surface area (Å²) in [6.07, 6.45) is 1.87. The third-order valence-corrected chi connectivity index (χ3v) is 4.86. The van der Waals surface area contributed by atoms with Crippen molar-refractivity contribution in [3.05, 3.63) is 64.6 Å². The summed E-state index contributed by atoms with van der Waals surface area (Å²) in [5, 5.41) is 15.7. The molecule has 0 aliphatic rings. The third-order valence-electron chi connectivity index (χ3n) is 4.18. The highest BCUT2D eigenvalue weighted by Gasteiger charge is 2.14. The summed E-state index contributed by atoms with van der Waals surface area (Å²) in [6.45, 7) is 2.78. The fraction of sp³-hybridized carbons (Fsp3) is 0.150. The number of rotatable bonds is 5. The van der Waals surface area contributed by atoms with Gasteiger partial charge in [0.25, 0.3) is 0 Å². The van der Waals surface area contributed by atoms with Gasteiger partial charge in [0.1, 0.15) is 0 Å². The molecule has 0 spiro atoms. The lowest BCUT2D eigenvalue weighted by Crippen LogP contribution is -2.04. The average Bonchev–Trinajstić information content (AvgIpc) is 3.35. The van der Waals surface area contributed by atoms with Crippen molar-refractivity contribution in [1.29, 1.82) is 0 Å². The van der Waals surface area contributed by atoms with E-state index in [1.165, 1.54) is 5.56 Å². The number of pyridine rings is 1. The summed E-state index contributed by atoms with van der Waals surface area (Å²) < 4.78 is 5.93. The maximum absolute atomic E-state index is 5.93. The smallest absolute Gasteiger partial charge is 0.250 e. The minimum atomic E-state index is 0. The molecule has 5 nitrogen and oxygen atoms in total. The van der Waals surface area contributed by atoms with Gasteiger partial charge in [0.05, 0.1) is 5.56 Å². The van der Waals surface area contributed by atoms with Crippen molar-refractivity contribution in [1.82, 2.24) is 20.5 Å². The van der Waals surface area contributed by atoms with E-state index in [0.29, 0.717) is 11.8 Å². The van der Waals surface area contributed by atoms with Gasteiger partial charge in [-0.05, 0) is 60.1 Å². The summed E-state index contributed by atoms with van der Waals surface area (Å²) in [6, 6.07) is 12.2. The Labute approximate surface area is 157 Å². The normalized spacial score (nSPS) is 11.0. The van der Waals surface area contributed by atoms with Gasteiger partial charge in [-0.15, -0.1) is 10.2 Å². The van der Waals surface area contributed by atoms with Crippen LogP contribution in [0.5, 0.6) is 0 Å². The number of nitrogens with zero attached hydrogens (tertiary/aromatic N) is 3. The lowest BCUT2D eigenvalue weighted by atomic mass is 10.1. The maximum Gasteiger partial charge on any atom is 0.250 e. The molecule has 1 aromatic carbocycles. The van der Waals surface area contributed by atoms with Crippen LogP contribution in [0.25, 0.3) is 34.0 Å². The van der Waals surface area contributed by atoms with Crippen LogP contribution in [-0.2, 0) is 6.54 Å². The Balaban J connectivity index is 0.00000210. The minimum absolute atomic E-state index is 0. The highest BCUT2D eigenvalue weighted by molar-refractivity contribution is 7.08. The fourth-order valence-electron chi connectivity index (χ4n) is 2.75. The van der Waals surface area contributed by atoms with Gasteiger partial charge in [-0.1, -0.05) is 12.1 Å². The van der Waals surface area contributed by atoms with Gasteiger partial charge in [-0.3, -0.25) is 4.98 Å². The molecule has 0 radical (unpaired) electrons. The van der Waals surface area contributed by atoms with Gasteiger partial charge >= 0.3 is 0 Å². The lowest BCUT2D eigenvalue weighted by molar-refractivity contribution is 0.583. The number of aryl methyl sites for hydroxylation is 1. The molecule has 0 unspecified atom stereocenters.